The number of benzene rings is 2. The molecule has 0 spiro atoms. The van der Waals surface area contributed by atoms with E-state index in [4.69, 9.17) is 9.26 Å². The number of fused-ring (bicyclic) bond motifs is 1. The van der Waals surface area contributed by atoms with Crippen LogP contribution in [0.2, 0.25) is 0 Å². The molecule has 0 saturated carbocycles. The quantitative estimate of drug-likeness (QED) is 0.327. The minimum atomic E-state index is -0.00458. The number of ether oxygens (including phenoxy) is 1. The maximum Gasteiger partial charge on any atom is 0.148 e. The third-order valence-electron chi connectivity index (χ3n) is 5.25. The van der Waals surface area contributed by atoms with Crippen LogP contribution in [-0.4, -0.2) is 28.8 Å². The maximum absolute atomic E-state index is 5.45. The molecule has 0 aliphatic heterocycles. The topological polar surface area (TPSA) is 73.1 Å². The number of rotatable bonds is 7. The van der Waals surface area contributed by atoms with E-state index in [-0.39, 0.29) is 6.04 Å². The van der Waals surface area contributed by atoms with Crippen molar-refractivity contribution in [1.29, 1.82) is 0 Å². The Hall–Kier alpha value is -3.55. The summed E-state index contributed by atoms with van der Waals surface area (Å²) in [5, 5.41) is 7.65. The molecule has 0 radical (unpaired) electrons. The molecule has 2 aromatic carbocycles. The lowest BCUT2D eigenvalue weighted by Gasteiger charge is -2.19. The molecule has 3 aromatic heterocycles. The highest BCUT2D eigenvalue weighted by Crippen LogP contribution is 2.37. The Morgan fingerprint density at radius 3 is 2.50 bits per heavy atom. The zero-order valence-corrected chi connectivity index (χ0v) is 18.6. The van der Waals surface area contributed by atoms with Crippen LogP contribution in [0.5, 0.6) is 0 Å². The monoisotopic (exact) mass is 442 g/mol. The fraction of sp³-hybridized carbons (Fsp3) is 0.160. The molecule has 0 unspecified atom stereocenters. The van der Waals surface area contributed by atoms with Gasteiger partial charge < -0.3 is 14.6 Å². The van der Waals surface area contributed by atoms with Gasteiger partial charge in [0.05, 0.1) is 22.9 Å². The second-order valence-electron chi connectivity index (χ2n) is 7.51. The molecule has 3 heterocycles. The van der Waals surface area contributed by atoms with Gasteiger partial charge in [0.1, 0.15) is 23.6 Å². The molecule has 7 heteroatoms. The first-order valence-corrected chi connectivity index (χ1v) is 11.1. The van der Waals surface area contributed by atoms with Crippen LogP contribution >= 0.6 is 11.3 Å². The van der Waals surface area contributed by atoms with Gasteiger partial charge in [-0.3, -0.25) is 0 Å². The van der Waals surface area contributed by atoms with Crippen LogP contribution in [0.1, 0.15) is 17.4 Å². The molecule has 6 nitrogen and oxygen atoms in total. The minimum Gasteiger partial charge on any atom is -0.382 e. The van der Waals surface area contributed by atoms with Gasteiger partial charge in [-0.2, -0.15) is 0 Å². The van der Waals surface area contributed by atoms with Gasteiger partial charge in [0.2, 0.25) is 0 Å². The zero-order chi connectivity index (χ0) is 21.9. The van der Waals surface area contributed by atoms with E-state index in [1.807, 2.05) is 31.2 Å². The number of hydrogen-bond acceptors (Lipinski definition) is 7. The number of nitrogens with zero attached hydrogens (tertiary/aromatic N) is 3. The van der Waals surface area contributed by atoms with Gasteiger partial charge in [0.25, 0.3) is 0 Å². The summed E-state index contributed by atoms with van der Waals surface area (Å²) in [6, 6.07) is 22.6. The van der Waals surface area contributed by atoms with E-state index in [1.165, 1.54) is 0 Å². The predicted octanol–water partition coefficient (Wildman–Crippen LogP) is 6.12. The highest BCUT2D eigenvalue weighted by Gasteiger charge is 2.16. The van der Waals surface area contributed by atoms with E-state index in [2.05, 4.69) is 62.9 Å². The second-order valence-corrected chi connectivity index (χ2v) is 8.56. The summed E-state index contributed by atoms with van der Waals surface area (Å²) in [6.45, 7) is 2.43. The number of aromatic nitrogens is 3. The van der Waals surface area contributed by atoms with Gasteiger partial charge in [-0.15, -0.1) is 11.3 Å². The van der Waals surface area contributed by atoms with Gasteiger partial charge in [-0.1, -0.05) is 59.8 Å². The Bertz CT molecular complexity index is 1330. The van der Waals surface area contributed by atoms with Gasteiger partial charge in [-0.25, -0.2) is 9.97 Å². The van der Waals surface area contributed by atoms with E-state index in [9.17, 15) is 0 Å². The van der Waals surface area contributed by atoms with Crippen molar-refractivity contribution >= 4 is 27.4 Å². The molecule has 5 rings (SSSR count). The van der Waals surface area contributed by atoms with Crippen molar-refractivity contribution < 1.29 is 9.26 Å². The van der Waals surface area contributed by atoms with Crippen molar-refractivity contribution in [3.05, 3.63) is 84.4 Å². The highest BCUT2D eigenvalue weighted by molar-refractivity contribution is 7.22. The van der Waals surface area contributed by atoms with E-state index in [0.29, 0.717) is 6.61 Å². The lowest BCUT2D eigenvalue weighted by atomic mass is 10.1. The third-order valence-corrected chi connectivity index (χ3v) is 6.43. The summed E-state index contributed by atoms with van der Waals surface area (Å²) in [5.74, 6) is 1.61. The van der Waals surface area contributed by atoms with Crippen LogP contribution in [0.4, 0.5) is 5.82 Å². The summed E-state index contributed by atoms with van der Waals surface area (Å²) in [6.07, 6.45) is 1.60. The molecule has 1 atom stereocenters. The van der Waals surface area contributed by atoms with Gasteiger partial charge in [0.15, 0.2) is 0 Å². The van der Waals surface area contributed by atoms with Crippen molar-refractivity contribution in [3.63, 3.8) is 0 Å². The summed E-state index contributed by atoms with van der Waals surface area (Å²) in [4.78, 5) is 10.2. The largest absolute Gasteiger partial charge is 0.382 e. The molecule has 0 aliphatic rings. The lowest BCUT2D eigenvalue weighted by molar-refractivity contribution is 0.186. The third kappa shape index (κ3) is 4.12. The maximum atomic E-state index is 5.45. The van der Waals surface area contributed by atoms with Gasteiger partial charge >= 0.3 is 0 Å². The molecule has 0 aliphatic carbocycles. The predicted molar refractivity (Wildman–Crippen MR) is 128 cm³/mol. The number of nitrogens with one attached hydrogen (secondary N) is 1. The fourth-order valence-electron chi connectivity index (χ4n) is 3.65. The number of hydrogen-bond donors (Lipinski definition) is 1. The molecule has 0 saturated heterocycles. The van der Waals surface area contributed by atoms with Crippen LogP contribution in [0.15, 0.2) is 77.6 Å². The van der Waals surface area contributed by atoms with Crippen molar-refractivity contribution in [3.8, 4) is 21.7 Å². The molecule has 0 fully saturated rings. The molecule has 0 amide bonds. The molecule has 160 valence electrons. The summed E-state index contributed by atoms with van der Waals surface area (Å²) in [5.41, 5.74) is 5.06. The Morgan fingerprint density at radius 1 is 1.00 bits per heavy atom. The van der Waals surface area contributed by atoms with E-state index in [0.717, 1.165) is 49.1 Å². The van der Waals surface area contributed by atoms with Crippen LogP contribution in [0, 0.1) is 6.92 Å². The molecule has 1 N–H and O–H groups in total. The molecular weight excluding hydrogens is 420 g/mol. The molecule has 32 heavy (non-hydrogen) atoms. The van der Waals surface area contributed by atoms with Crippen LogP contribution in [0.25, 0.3) is 31.9 Å². The molecular formula is C25H22N4O2S. The summed E-state index contributed by atoms with van der Waals surface area (Å²) < 4.78 is 11.7. The second kappa shape index (κ2) is 8.90. The Balaban J connectivity index is 1.45. The summed E-state index contributed by atoms with van der Waals surface area (Å²) >= 11 is 1.68. The standard InChI is InChI=1S/C25H22N4O2S/c1-16-12-20(29-31-16)18-8-10-19(11-9-18)23-13-21-24(32-23)25(27-15-26-21)28-22(14-30-2)17-6-4-3-5-7-17/h3-13,15,22H,14H2,1-2H3,(H,26,27,28)/t22-/m1/s1. The summed E-state index contributed by atoms with van der Waals surface area (Å²) in [7, 11) is 1.71. The number of thiophene rings is 1. The molecule has 0 bridgehead atoms. The Labute approximate surface area is 189 Å². The first-order valence-electron chi connectivity index (χ1n) is 10.3. The van der Waals surface area contributed by atoms with E-state index < -0.39 is 0 Å². The Kier molecular flexibility index (Phi) is 5.66. The average Bonchev–Trinajstić information content (AvgIpc) is 3.46. The van der Waals surface area contributed by atoms with Gasteiger partial charge in [0, 0.05) is 23.6 Å². The normalized spacial score (nSPS) is 12.2. The highest BCUT2D eigenvalue weighted by atomic mass is 32.1. The van der Waals surface area contributed by atoms with Crippen molar-refractivity contribution in [2.75, 3.05) is 19.0 Å². The Morgan fingerprint density at radius 2 is 1.78 bits per heavy atom. The van der Waals surface area contributed by atoms with Crippen molar-refractivity contribution in [2.24, 2.45) is 0 Å². The SMILES string of the molecule is COC[C@@H](Nc1ncnc2cc(-c3ccc(-c4cc(C)on4)cc3)sc12)c1ccccc1. The van der Waals surface area contributed by atoms with Crippen LogP contribution < -0.4 is 5.32 Å². The first-order chi connectivity index (χ1) is 15.7. The van der Waals surface area contributed by atoms with Crippen LogP contribution in [-0.2, 0) is 4.74 Å². The van der Waals surface area contributed by atoms with Crippen molar-refractivity contribution in [2.45, 2.75) is 13.0 Å². The average molecular weight is 443 g/mol. The van der Waals surface area contributed by atoms with E-state index in [1.54, 1.807) is 24.8 Å². The first kappa shape index (κ1) is 20.4. The number of methoxy groups -OCH3 is 1. The van der Waals surface area contributed by atoms with E-state index >= 15 is 0 Å². The van der Waals surface area contributed by atoms with Crippen molar-refractivity contribution in [1.82, 2.24) is 15.1 Å². The van der Waals surface area contributed by atoms with Gasteiger partial charge in [-0.05, 0) is 24.1 Å². The minimum absolute atomic E-state index is 0.00458. The fourth-order valence-corrected chi connectivity index (χ4v) is 4.71. The number of anilines is 1. The number of aryl methyl sites for hydroxylation is 1. The van der Waals surface area contributed by atoms with Crippen LogP contribution in [0.3, 0.4) is 0 Å². The molecule has 5 aromatic rings. The lowest BCUT2D eigenvalue weighted by Crippen LogP contribution is -2.17. The zero-order valence-electron chi connectivity index (χ0n) is 17.8. The smallest absolute Gasteiger partial charge is 0.148 e.